The van der Waals surface area contributed by atoms with Crippen LogP contribution in [0.3, 0.4) is 0 Å². The number of piperazine rings is 1. The van der Waals surface area contributed by atoms with Gasteiger partial charge in [-0.1, -0.05) is 29.8 Å². The third-order valence-corrected chi connectivity index (χ3v) is 4.35. The number of nitrogens with one attached hydrogen (secondary N) is 1. The lowest BCUT2D eigenvalue weighted by atomic mass is 10.1. The molecule has 0 spiro atoms. The van der Waals surface area contributed by atoms with Crippen LogP contribution in [-0.4, -0.2) is 48.7 Å². The number of rotatable bonds is 3. The van der Waals surface area contributed by atoms with Gasteiger partial charge in [0, 0.05) is 38.0 Å². The highest BCUT2D eigenvalue weighted by Crippen LogP contribution is 2.22. The molecule has 2 heterocycles. The van der Waals surface area contributed by atoms with Crippen molar-refractivity contribution in [1.82, 2.24) is 10.3 Å². The summed E-state index contributed by atoms with van der Waals surface area (Å²) in [6.07, 6.45) is 0.935. The third-order valence-electron chi connectivity index (χ3n) is 3.39. The van der Waals surface area contributed by atoms with Crippen molar-refractivity contribution in [2.45, 2.75) is 13.3 Å². The number of hydrogen-bond donors (Lipinski definition) is 3. The topological polar surface area (TPSA) is 103 Å². The molecule has 0 saturated carbocycles. The predicted octanol–water partition coefficient (Wildman–Crippen LogP) is 1.80. The van der Waals surface area contributed by atoms with Crippen molar-refractivity contribution in [3.63, 3.8) is 0 Å². The molecule has 3 rings (SSSR count). The highest BCUT2D eigenvalue weighted by molar-refractivity contribution is 7.79. The van der Waals surface area contributed by atoms with Gasteiger partial charge >= 0.3 is 10.4 Å². The number of aromatic nitrogens is 1. The number of anilines is 1. The summed E-state index contributed by atoms with van der Waals surface area (Å²) in [5, 5.41) is 6.74. The molecule has 2 aromatic rings. The second-order valence-electron chi connectivity index (χ2n) is 5.47. The number of benzene rings is 1. The van der Waals surface area contributed by atoms with Crippen LogP contribution in [0.1, 0.15) is 16.8 Å². The number of nitrogens with zero attached hydrogens (tertiary/aromatic N) is 2. The van der Waals surface area contributed by atoms with Crippen LogP contribution in [-0.2, 0) is 16.8 Å². The Morgan fingerprint density at radius 3 is 2.58 bits per heavy atom. The Bertz CT molecular complexity index is 748. The first-order valence-electron chi connectivity index (χ1n) is 7.47. The van der Waals surface area contributed by atoms with E-state index in [4.69, 9.17) is 22.5 Å². The van der Waals surface area contributed by atoms with Crippen molar-refractivity contribution in [2.75, 3.05) is 31.1 Å². The summed E-state index contributed by atoms with van der Waals surface area (Å²) in [7, 11) is -4.67. The molecule has 3 N–H and O–H groups in total. The van der Waals surface area contributed by atoms with Gasteiger partial charge < -0.3 is 10.2 Å². The normalized spacial score (nSPS) is 14.9. The van der Waals surface area contributed by atoms with Crippen molar-refractivity contribution in [1.29, 1.82) is 0 Å². The zero-order valence-electron chi connectivity index (χ0n) is 13.3. The Morgan fingerprint density at radius 1 is 1.29 bits per heavy atom. The molecule has 132 valence electrons. The first kappa shape index (κ1) is 18.8. The minimum Gasteiger partial charge on any atom is -0.346 e. The minimum absolute atomic E-state index is 0.935. The van der Waals surface area contributed by atoms with Gasteiger partial charge in [-0.15, -0.1) is 11.3 Å². The van der Waals surface area contributed by atoms with E-state index in [-0.39, 0.29) is 0 Å². The molecule has 0 unspecified atom stereocenters. The van der Waals surface area contributed by atoms with Crippen LogP contribution in [0.5, 0.6) is 0 Å². The number of thiazole rings is 1. The maximum absolute atomic E-state index is 8.74. The molecule has 1 aromatic heterocycles. The van der Waals surface area contributed by atoms with Gasteiger partial charge in [0.25, 0.3) is 0 Å². The van der Waals surface area contributed by atoms with Gasteiger partial charge in [-0.3, -0.25) is 9.11 Å². The van der Waals surface area contributed by atoms with E-state index in [2.05, 4.69) is 46.8 Å². The van der Waals surface area contributed by atoms with Gasteiger partial charge in [-0.25, -0.2) is 4.98 Å². The molecule has 1 aliphatic heterocycles. The quantitative estimate of drug-likeness (QED) is 0.707. The highest BCUT2D eigenvalue weighted by atomic mass is 32.3. The van der Waals surface area contributed by atoms with Crippen LogP contribution in [0.2, 0.25) is 0 Å². The van der Waals surface area contributed by atoms with Gasteiger partial charge in [0.05, 0.1) is 5.69 Å². The summed E-state index contributed by atoms with van der Waals surface area (Å²) in [6.45, 7) is 6.39. The first-order chi connectivity index (χ1) is 11.3. The van der Waals surface area contributed by atoms with E-state index in [1.165, 1.54) is 22.0 Å². The largest absolute Gasteiger partial charge is 0.394 e. The van der Waals surface area contributed by atoms with Gasteiger partial charge in [0.15, 0.2) is 5.13 Å². The summed E-state index contributed by atoms with van der Waals surface area (Å²) < 4.78 is 31.6. The molecule has 0 radical (unpaired) electrons. The van der Waals surface area contributed by atoms with E-state index >= 15 is 0 Å². The fraction of sp³-hybridized carbons (Fsp3) is 0.400. The van der Waals surface area contributed by atoms with E-state index in [1.54, 1.807) is 11.3 Å². The molecule has 0 amide bonds. The van der Waals surface area contributed by atoms with Crippen molar-refractivity contribution in [3.05, 3.63) is 46.5 Å². The van der Waals surface area contributed by atoms with Crippen LogP contribution < -0.4 is 10.2 Å². The van der Waals surface area contributed by atoms with Gasteiger partial charge in [0.2, 0.25) is 0 Å². The molecule has 0 aliphatic carbocycles. The molecule has 1 saturated heterocycles. The fourth-order valence-corrected chi connectivity index (χ4v) is 3.29. The molecular weight excluding hydrogens is 350 g/mol. The lowest BCUT2D eigenvalue weighted by molar-refractivity contribution is 0.381. The second kappa shape index (κ2) is 8.54. The Labute approximate surface area is 145 Å². The smallest absolute Gasteiger partial charge is 0.346 e. The lowest BCUT2D eigenvalue weighted by Gasteiger charge is -2.26. The van der Waals surface area contributed by atoms with E-state index in [0.717, 1.165) is 32.6 Å². The molecule has 0 bridgehead atoms. The lowest BCUT2D eigenvalue weighted by Crippen LogP contribution is -2.43. The average molecular weight is 371 g/mol. The van der Waals surface area contributed by atoms with Crippen LogP contribution in [0.4, 0.5) is 5.13 Å². The van der Waals surface area contributed by atoms with E-state index in [1.807, 2.05) is 0 Å². The van der Waals surface area contributed by atoms with Gasteiger partial charge in [-0.05, 0) is 12.5 Å². The summed E-state index contributed by atoms with van der Waals surface area (Å²) in [4.78, 5) is 7.15. The van der Waals surface area contributed by atoms with E-state index in [9.17, 15) is 0 Å². The Morgan fingerprint density at radius 2 is 1.96 bits per heavy atom. The summed E-state index contributed by atoms with van der Waals surface area (Å²) >= 11 is 1.77. The number of hydrogen-bond acceptors (Lipinski definition) is 6. The summed E-state index contributed by atoms with van der Waals surface area (Å²) in [6, 6.07) is 8.67. The minimum atomic E-state index is -4.67. The summed E-state index contributed by atoms with van der Waals surface area (Å²) in [5.41, 5.74) is 3.84. The standard InChI is InChI=1S/C15H19N3S.H2O4S/c1-12-3-2-4-13(9-12)10-14-11-19-15(17-14)18-7-5-16-6-8-18;1-5(2,3)4/h2-4,9,11,16H,5-8,10H2,1H3;(H2,1,2,3,4). The molecule has 9 heteroatoms. The third kappa shape index (κ3) is 6.93. The van der Waals surface area contributed by atoms with Crippen molar-refractivity contribution in [3.8, 4) is 0 Å². The Balaban J connectivity index is 0.000000368. The van der Waals surface area contributed by atoms with Crippen LogP contribution >= 0.6 is 11.3 Å². The monoisotopic (exact) mass is 371 g/mol. The van der Waals surface area contributed by atoms with Crippen LogP contribution in [0, 0.1) is 6.92 Å². The zero-order chi connectivity index (χ0) is 17.6. The van der Waals surface area contributed by atoms with Crippen molar-refractivity contribution >= 4 is 26.9 Å². The molecule has 1 aliphatic rings. The second-order valence-corrected chi connectivity index (χ2v) is 7.20. The average Bonchev–Trinajstić information content (AvgIpc) is 2.95. The number of aryl methyl sites for hydroxylation is 1. The molecule has 7 nitrogen and oxygen atoms in total. The van der Waals surface area contributed by atoms with Crippen molar-refractivity contribution < 1.29 is 17.5 Å². The summed E-state index contributed by atoms with van der Waals surface area (Å²) in [5.74, 6) is 0. The SMILES string of the molecule is Cc1cccc(Cc2csc(N3CCNCC3)n2)c1.O=S(=O)(O)O. The van der Waals surface area contributed by atoms with E-state index < -0.39 is 10.4 Å². The van der Waals surface area contributed by atoms with Crippen LogP contribution in [0.25, 0.3) is 0 Å². The van der Waals surface area contributed by atoms with E-state index in [0.29, 0.717) is 0 Å². The Hall–Kier alpha value is -1.52. The molecular formula is C15H21N3O4S2. The molecule has 24 heavy (non-hydrogen) atoms. The van der Waals surface area contributed by atoms with Crippen LogP contribution in [0.15, 0.2) is 29.6 Å². The highest BCUT2D eigenvalue weighted by Gasteiger charge is 2.13. The Kier molecular flexibility index (Phi) is 6.69. The predicted molar refractivity (Wildman–Crippen MR) is 95.4 cm³/mol. The first-order valence-corrected chi connectivity index (χ1v) is 9.74. The van der Waals surface area contributed by atoms with Gasteiger partial charge in [0.1, 0.15) is 0 Å². The van der Waals surface area contributed by atoms with Gasteiger partial charge in [-0.2, -0.15) is 8.42 Å². The molecule has 1 aromatic carbocycles. The van der Waals surface area contributed by atoms with Crippen molar-refractivity contribution in [2.24, 2.45) is 0 Å². The zero-order valence-corrected chi connectivity index (χ0v) is 15.0. The fourth-order valence-electron chi connectivity index (χ4n) is 2.41. The maximum Gasteiger partial charge on any atom is 0.394 e. The molecule has 0 atom stereocenters. The molecule has 1 fully saturated rings. The maximum atomic E-state index is 8.74.